The lowest BCUT2D eigenvalue weighted by Crippen LogP contribution is -2.35. The van der Waals surface area contributed by atoms with Gasteiger partial charge in [-0.25, -0.2) is 0 Å². The lowest BCUT2D eigenvalue weighted by molar-refractivity contribution is 0.198. The smallest absolute Gasteiger partial charge is 0.0119 e. The van der Waals surface area contributed by atoms with E-state index in [-0.39, 0.29) is 0 Å². The second kappa shape index (κ2) is 3.89. The van der Waals surface area contributed by atoms with E-state index >= 15 is 0 Å². The topological polar surface area (TPSA) is 0 Å². The lowest BCUT2D eigenvalue weighted by Gasteiger charge is -2.41. The fourth-order valence-electron chi connectivity index (χ4n) is 3.57. The standard InChI is InChI=1S/C12H23P/c1-10-6-2-3-7-11(10)12(13)8-4-5-9-12/h10-11H,2-9,13H2,1H3/t10?,11-/m0/s1. The molecule has 2 fully saturated rings. The Kier molecular flexibility index (Phi) is 2.98. The minimum Gasteiger partial charge on any atom is -0.131 e. The molecule has 0 radical (unpaired) electrons. The highest BCUT2D eigenvalue weighted by atomic mass is 31.0. The normalized spacial score (nSPS) is 39.2. The molecule has 2 aliphatic carbocycles. The van der Waals surface area contributed by atoms with E-state index < -0.39 is 0 Å². The molecule has 0 heterocycles. The van der Waals surface area contributed by atoms with Crippen molar-refractivity contribution in [3.8, 4) is 0 Å². The quantitative estimate of drug-likeness (QED) is 0.559. The van der Waals surface area contributed by atoms with Gasteiger partial charge in [-0.15, -0.1) is 9.24 Å². The fourth-order valence-corrected chi connectivity index (χ4v) is 4.48. The molecule has 76 valence electrons. The van der Waals surface area contributed by atoms with Gasteiger partial charge in [0.1, 0.15) is 0 Å². The summed E-state index contributed by atoms with van der Waals surface area (Å²) in [6.07, 6.45) is 11.9. The molecule has 13 heavy (non-hydrogen) atoms. The molecule has 0 spiro atoms. The first-order valence-corrected chi connectivity index (χ1v) is 6.59. The van der Waals surface area contributed by atoms with Crippen LogP contribution in [0.4, 0.5) is 0 Å². The minimum absolute atomic E-state index is 0.653. The van der Waals surface area contributed by atoms with Gasteiger partial charge in [-0.2, -0.15) is 0 Å². The molecule has 2 rings (SSSR count). The maximum atomic E-state index is 3.22. The van der Waals surface area contributed by atoms with Crippen LogP contribution in [0.2, 0.25) is 0 Å². The Bertz CT molecular complexity index is 170. The zero-order valence-electron chi connectivity index (χ0n) is 8.89. The van der Waals surface area contributed by atoms with Crippen LogP contribution in [0, 0.1) is 11.8 Å². The molecule has 3 atom stereocenters. The van der Waals surface area contributed by atoms with Gasteiger partial charge in [0.25, 0.3) is 0 Å². The third-order valence-electron chi connectivity index (χ3n) is 4.38. The van der Waals surface area contributed by atoms with Crippen molar-refractivity contribution < 1.29 is 0 Å². The molecule has 2 aliphatic rings. The lowest BCUT2D eigenvalue weighted by atomic mass is 9.72. The first-order valence-electron chi connectivity index (χ1n) is 6.01. The van der Waals surface area contributed by atoms with Gasteiger partial charge in [-0.3, -0.25) is 0 Å². The molecule has 0 bridgehead atoms. The Morgan fingerprint density at radius 2 is 1.62 bits per heavy atom. The molecular formula is C12H23P. The van der Waals surface area contributed by atoms with E-state index in [1.54, 1.807) is 0 Å². The molecule has 0 nitrogen and oxygen atoms in total. The van der Waals surface area contributed by atoms with Gasteiger partial charge < -0.3 is 0 Å². The maximum Gasteiger partial charge on any atom is -0.0119 e. The number of rotatable bonds is 1. The second-order valence-corrected chi connectivity index (χ2v) is 6.46. The molecule has 2 unspecified atom stereocenters. The Labute approximate surface area is 85.1 Å². The number of hydrogen-bond donors (Lipinski definition) is 0. The Balaban J connectivity index is 2.04. The second-order valence-electron chi connectivity index (χ2n) is 5.31. The molecule has 0 saturated heterocycles. The van der Waals surface area contributed by atoms with Crippen LogP contribution in [0.1, 0.15) is 58.3 Å². The largest absolute Gasteiger partial charge is 0.131 e. The maximum absolute atomic E-state index is 3.22. The first kappa shape index (κ1) is 9.97. The number of hydrogen-bond acceptors (Lipinski definition) is 0. The van der Waals surface area contributed by atoms with Gasteiger partial charge in [-0.05, 0) is 36.3 Å². The average molecular weight is 198 g/mol. The van der Waals surface area contributed by atoms with E-state index in [2.05, 4.69) is 16.2 Å². The van der Waals surface area contributed by atoms with Crippen molar-refractivity contribution in [2.24, 2.45) is 11.8 Å². The molecule has 0 aromatic carbocycles. The van der Waals surface area contributed by atoms with Crippen LogP contribution >= 0.6 is 9.24 Å². The van der Waals surface area contributed by atoms with Crippen molar-refractivity contribution in [3.05, 3.63) is 0 Å². The van der Waals surface area contributed by atoms with Crippen molar-refractivity contribution in [2.75, 3.05) is 0 Å². The van der Waals surface area contributed by atoms with Gasteiger partial charge in [-0.1, -0.05) is 39.0 Å². The zero-order chi connectivity index (χ0) is 9.31. The van der Waals surface area contributed by atoms with Gasteiger partial charge in [0.15, 0.2) is 0 Å². The van der Waals surface area contributed by atoms with Crippen molar-refractivity contribution in [1.29, 1.82) is 0 Å². The third kappa shape index (κ3) is 1.94. The van der Waals surface area contributed by atoms with Gasteiger partial charge in [0.2, 0.25) is 0 Å². The van der Waals surface area contributed by atoms with E-state index in [1.165, 1.54) is 51.4 Å². The van der Waals surface area contributed by atoms with E-state index in [9.17, 15) is 0 Å². The van der Waals surface area contributed by atoms with E-state index in [0.29, 0.717) is 5.16 Å². The molecule has 0 amide bonds. The van der Waals surface area contributed by atoms with Crippen LogP contribution in [0.25, 0.3) is 0 Å². The highest BCUT2D eigenvalue weighted by Gasteiger charge is 2.40. The molecule has 0 aromatic heterocycles. The SMILES string of the molecule is CC1CCCC[C@@H]1C1(P)CCCC1. The molecule has 2 saturated carbocycles. The summed E-state index contributed by atoms with van der Waals surface area (Å²) in [4.78, 5) is 0. The van der Waals surface area contributed by atoms with Crippen LogP contribution in [0.15, 0.2) is 0 Å². The monoisotopic (exact) mass is 198 g/mol. The minimum atomic E-state index is 0.653. The van der Waals surface area contributed by atoms with Gasteiger partial charge in [0.05, 0.1) is 0 Å². The van der Waals surface area contributed by atoms with Crippen LogP contribution in [0.5, 0.6) is 0 Å². The molecule has 0 aliphatic heterocycles. The van der Waals surface area contributed by atoms with E-state index in [0.717, 1.165) is 11.8 Å². The van der Waals surface area contributed by atoms with Crippen LogP contribution < -0.4 is 0 Å². The fraction of sp³-hybridized carbons (Fsp3) is 1.00. The molecular weight excluding hydrogens is 175 g/mol. The van der Waals surface area contributed by atoms with Crippen molar-refractivity contribution in [2.45, 2.75) is 63.4 Å². The molecule has 0 aromatic rings. The summed E-state index contributed by atoms with van der Waals surface area (Å²) in [7, 11) is 3.22. The zero-order valence-corrected chi connectivity index (χ0v) is 10.0. The molecule has 0 N–H and O–H groups in total. The van der Waals surface area contributed by atoms with Gasteiger partial charge >= 0.3 is 0 Å². The van der Waals surface area contributed by atoms with Crippen LogP contribution in [-0.2, 0) is 0 Å². The van der Waals surface area contributed by atoms with Crippen LogP contribution in [-0.4, -0.2) is 5.16 Å². The summed E-state index contributed by atoms with van der Waals surface area (Å²) in [6, 6.07) is 0. The summed E-state index contributed by atoms with van der Waals surface area (Å²) in [5, 5.41) is 0.653. The summed E-state index contributed by atoms with van der Waals surface area (Å²) in [5.74, 6) is 2.01. The summed E-state index contributed by atoms with van der Waals surface area (Å²) < 4.78 is 0. The highest BCUT2D eigenvalue weighted by molar-refractivity contribution is 7.19. The van der Waals surface area contributed by atoms with Gasteiger partial charge in [0, 0.05) is 0 Å². The highest BCUT2D eigenvalue weighted by Crippen LogP contribution is 2.50. The summed E-state index contributed by atoms with van der Waals surface area (Å²) >= 11 is 0. The summed E-state index contributed by atoms with van der Waals surface area (Å²) in [5.41, 5.74) is 0. The predicted octanol–water partition coefficient (Wildman–Crippen LogP) is 4.00. The Morgan fingerprint density at radius 3 is 2.23 bits per heavy atom. The van der Waals surface area contributed by atoms with Crippen molar-refractivity contribution >= 4 is 9.24 Å². The van der Waals surface area contributed by atoms with Crippen molar-refractivity contribution in [3.63, 3.8) is 0 Å². The van der Waals surface area contributed by atoms with Crippen molar-refractivity contribution in [1.82, 2.24) is 0 Å². The Hall–Kier alpha value is 0.430. The third-order valence-corrected chi connectivity index (χ3v) is 5.39. The summed E-state index contributed by atoms with van der Waals surface area (Å²) in [6.45, 7) is 2.48. The average Bonchev–Trinajstić information content (AvgIpc) is 2.54. The van der Waals surface area contributed by atoms with Crippen LogP contribution in [0.3, 0.4) is 0 Å². The predicted molar refractivity (Wildman–Crippen MR) is 62.0 cm³/mol. The first-order chi connectivity index (χ1) is 6.22. The Morgan fingerprint density at radius 1 is 1.00 bits per heavy atom. The van der Waals surface area contributed by atoms with E-state index in [4.69, 9.17) is 0 Å². The molecule has 1 heteroatoms. The van der Waals surface area contributed by atoms with E-state index in [1.807, 2.05) is 0 Å².